The molecule has 0 heterocycles. The van der Waals surface area contributed by atoms with E-state index in [0.29, 0.717) is 18.1 Å². The Bertz CT molecular complexity index is 486. The van der Waals surface area contributed by atoms with Gasteiger partial charge in [-0.3, -0.25) is 0 Å². The van der Waals surface area contributed by atoms with E-state index >= 15 is 0 Å². The number of nitrogen functional groups attached to an aromatic ring is 1. The summed E-state index contributed by atoms with van der Waals surface area (Å²) in [6.07, 6.45) is 0. The largest absolute Gasteiger partial charge is 0.494 e. The summed E-state index contributed by atoms with van der Waals surface area (Å²) in [5, 5.41) is 0. The first kappa shape index (κ1) is 15.2. The minimum absolute atomic E-state index is 0.102. The Kier molecular flexibility index (Phi) is 5.81. The normalized spacial score (nSPS) is 11.4. The molecule has 0 aliphatic heterocycles. The van der Waals surface area contributed by atoms with Crippen LogP contribution in [0.25, 0.3) is 0 Å². The second-order valence-corrected chi connectivity index (χ2v) is 7.12. The van der Waals surface area contributed by atoms with Gasteiger partial charge in [-0.15, -0.1) is 0 Å². The van der Waals surface area contributed by atoms with Gasteiger partial charge in [-0.2, -0.15) is 11.8 Å². The summed E-state index contributed by atoms with van der Waals surface area (Å²) >= 11 is 1.60. The number of thioether (sulfide) groups is 1. The summed E-state index contributed by atoms with van der Waals surface area (Å²) in [6.45, 7) is 4.35. The van der Waals surface area contributed by atoms with Gasteiger partial charge in [-0.05, 0) is 24.8 Å². The summed E-state index contributed by atoms with van der Waals surface area (Å²) in [5.74, 6) is 2.13. The van der Waals surface area contributed by atoms with Gasteiger partial charge in [0.1, 0.15) is 5.75 Å². The zero-order chi connectivity index (χ0) is 13.6. The first-order valence-electron chi connectivity index (χ1n) is 5.84. The first-order valence-corrected chi connectivity index (χ1v) is 8.64. The van der Waals surface area contributed by atoms with Crippen molar-refractivity contribution in [2.24, 2.45) is 0 Å². The highest BCUT2D eigenvalue weighted by molar-refractivity contribution is 8.00. The highest BCUT2D eigenvalue weighted by atomic mass is 32.2. The number of benzene rings is 1. The Morgan fingerprint density at radius 3 is 2.67 bits per heavy atom. The van der Waals surface area contributed by atoms with Crippen molar-refractivity contribution < 1.29 is 13.2 Å². The van der Waals surface area contributed by atoms with E-state index in [2.05, 4.69) is 0 Å². The SMILES string of the molecule is CCOc1ccc(N)c(S(=O)(=O)CCSCC)c1. The van der Waals surface area contributed by atoms with Crippen LogP contribution in [0.3, 0.4) is 0 Å². The van der Waals surface area contributed by atoms with Crippen molar-refractivity contribution in [1.82, 2.24) is 0 Å². The topological polar surface area (TPSA) is 69.4 Å². The molecule has 6 heteroatoms. The summed E-state index contributed by atoms with van der Waals surface area (Å²) in [5.41, 5.74) is 6.01. The van der Waals surface area contributed by atoms with Gasteiger partial charge in [0.2, 0.25) is 0 Å². The van der Waals surface area contributed by atoms with Crippen molar-refractivity contribution >= 4 is 27.3 Å². The van der Waals surface area contributed by atoms with Crippen molar-refractivity contribution in [2.45, 2.75) is 18.7 Å². The molecule has 1 rings (SSSR count). The highest BCUT2D eigenvalue weighted by Crippen LogP contribution is 2.25. The van der Waals surface area contributed by atoms with Crippen molar-refractivity contribution in [3.05, 3.63) is 18.2 Å². The summed E-state index contributed by atoms with van der Waals surface area (Å²) in [6, 6.07) is 4.76. The summed E-state index contributed by atoms with van der Waals surface area (Å²) in [7, 11) is -3.33. The van der Waals surface area contributed by atoms with E-state index in [1.54, 1.807) is 23.9 Å². The van der Waals surface area contributed by atoms with Crippen LogP contribution in [0.1, 0.15) is 13.8 Å². The van der Waals surface area contributed by atoms with Crippen LogP contribution < -0.4 is 10.5 Å². The van der Waals surface area contributed by atoms with E-state index in [4.69, 9.17) is 10.5 Å². The molecule has 0 aliphatic carbocycles. The van der Waals surface area contributed by atoms with Crippen LogP contribution in [0.15, 0.2) is 23.1 Å². The molecule has 1 aromatic rings. The maximum Gasteiger partial charge on any atom is 0.181 e. The van der Waals surface area contributed by atoms with E-state index in [-0.39, 0.29) is 16.3 Å². The average Bonchev–Trinajstić information content (AvgIpc) is 2.32. The number of ether oxygens (including phenoxy) is 1. The lowest BCUT2D eigenvalue weighted by Crippen LogP contribution is -2.11. The monoisotopic (exact) mass is 289 g/mol. The quantitative estimate of drug-likeness (QED) is 0.615. The predicted molar refractivity (Wildman–Crippen MR) is 77.1 cm³/mol. The second kappa shape index (κ2) is 6.89. The zero-order valence-electron chi connectivity index (χ0n) is 10.7. The van der Waals surface area contributed by atoms with E-state index in [0.717, 1.165) is 5.75 Å². The molecule has 102 valence electrons. The number of hydrogen-bond acceptors (Lipinski definition) is 5. The fourth-order valence-electron chi connectivity index (χ4n) is 1.46. The highest BCUT2D eigenvalue weighted by Gasteiger charge is 2.18. The molecule has 0 spiro atoms. The van der Waals surface area contributed by atoms with Gasteiger partial charge in [0, 0.05) is 11.8 Å². The first-order chi connectivity index (χ1) is 8.51. The Morgan fingerprint density at radius 2 is 2.06 bits per heavy atom. The molecule has 1 aromatic carbocycles. The second-order valence-electron chi connectivity index (χ2n) is 3.65. The zero-order valence-corrected chi connectivity index (χ0v) is 12.3. The summed E-state index contributed by atoms with van der Waals surface area (Å²) < 4.78 is 29.6. The molecular weight excluding hydrogens is 270 g/mol. The van der Waals surface area contributed by atoms with Crippen LogP contribution in [-0.2, 0) is 9.84 Å². The molecule has 4 nitrogen and oxygen atoms in total. The van der Waals surface area contributed by atoms with Crippen molar-refractivity contribution in [3.8, 4) is 5.75 Å². The third-order valence-corrected chi connectivity index (χ3v) is 5.26. The number of sulfone groups is 1. The molecule has 0 saturated heterocycles. The van der Waals surface area contributed by atoms with E-state index in [1.165, 1.54) is 6.07 Å². The fourth-order valence-corrected chi connectivity index (χ4v) is 4.04. The van der Waals surface area contributed by atoms with E-state index in [9.17, 15) is 8.42 Å². The fraction of sp³-hybridized carbons (Fsp3) is 0.500. The number of nitrogens with two attached hydrogens (primary N) is 1. The van der Waals surface area contributed by atoms with Crippen molar-refractivity contribution in [3.63, 3.8) is 0 Å². The molecule has 0 fully saturated rings. The van der Waals surface area contributed by atoms with Gasteiger partial charge in [-0.25, -0.2) is 8.42 Å². The molecule has 0 radical (unpaired) electrons. The van der Waals surface area contributed by atoms with Gasteiger partial charge in [-0.1, -0.05) is 6.92 Å². The van der Waals surface area contributed by atoms with Crippen molar-refractivity contribution in [1.29, 1.82) is 0 Å². The lowest BCUT2D eigenvalue weighted by molar-refractivity contribution is 0.339. The molecule has 0 bridgehead atoms. The van der Waals surface area contributed by atoms with Crippen LogP contribution in [0.4, 0.5) is 5.69 Å². The van der Waals surface area contributed by atoms with Gasteiger partial charge in [0.25, 0.3) is 0 Å². The van der Waals surface area contributed by atoms with Crippen LogP contribution in [0.5, 0.6) is 5.75 Å². The molecule has 0 aliphatic rings. The van der Waals surface area contributed by atoms with Crippen LogP contribution in [-0.4, -0.2) is 32.3 Å². The Labute approximate surface area is 113 Å². The van der Waals surface area contributed by atoms with Crippen LogP contribution >= 0.6 is 11.8 Å². The smallest absolute Gasteiger partial charge is 0.181 e. The number of hydrogen-bond donors (Lipinski definition) is 1. The van der Waals surface area contributed by atoms with E-state index in [1.807, 2.05) is 13.8 Å². The molecule has 18 heavy (non-hydrogen) atoms. The standard InChI is InChI=1S/C12H19NO3S2/c1-3-16-10-5-6-11(13)12(9-10)18(14,15)8-7-17-4-2/h5-6,9H,3-4,7-8,13H2,1-2H3. The van der Waals surface area contributed by atoms with Gasteiger partial charge < -0.3 is 10.5 Å². The molecule has 0 amide bonds. The predicted octanol–water partition coefficient (Wildman–Crippen LogP) is 2.19. The average molecular weight is 289 g/mol. The Morgan fingerprint density at radius 1 is 1.33 bits per heavy atom. The molecule has 0 aromatic heterocycles. The van der Waals surface area contributed by atoms with Gasteiger partial charge in [0.15, 0.2) is 9.84 Å². The maximum atomic E-state index is 12.1. The lowest BCUT2D eigenvalue weighted by Gasteiger charge is -2.10. The Balaban J connectivity index is 2.95. The Hall–Kier alpha value is -0.880. The van der Waals surface area contributed by atoms with E-state index < -0.39 is 9.84 Å². The maximum absolute atomic E-state index is 12.1. The molecule has 0 unspecified atom stereocenters. The van der Waals surface area contributed by atoms with Crippen LogP contribution in [0.2, 0.25) is 0 Å². The molecular formula is C12H19NO3S2. The number of rotatable bonds is 7. The summed E-state index contributed by atoms with van der Waals surface area (Å²) in [4.78, 5) is 0.171. The number of anilines is 1. The third-order valence-electron chi connectivity index (χ3n) is 2.33. The minimum Gasteiger partial charge on any atom is -0.494 e. The van der Waals surface area contributed by atoms with Gasteiger partial charge in [0.05, 0.1) is 22.9 Å². The molecule has 2 N–H and O–H groups in total. The van der Waals surface area contributed by atoms with Gasteiger partial charge >= 0.3 is 0 Å². The molecule has 0 saturated carbocycles. The molecule has 0 atom stereocenters. The van der Waals surface area contributed by atoms with Crippen LogP contribution in [0, 0.1) is 0 Å². The van der Waals surface area contributed by atoms with Crippen molar-refractivity contribution in [2.75, 3.05) is 29.6 Å². The third kappa shape index (κ3) is 4.10. The minimum atomic E-state index is -3.33. The lowest BCUT2D eigenvalue weighted by atomic mass is 10.3.